The molecule has 7 heteroatoms. The number of nitro benzene ring substituents is 1. The first-order valence-corrected chi connectivity index (χ1v) is 9.99. The summed E-state index contributed by atoms with van der Waals surface area (Å²) in [6.07, 6.45) is 3.43. The van der Waals surface area contributed by atoms with Gasteiger partial charge in [0, 0.05) is 42.2 Å². The molecule has 1 aliphatic heterocycles. The third-order valence-corrected chi connectivity index (χ3v) is 5.31. The molecule has 0 radical (unpaired) electrons. The number of amides is 1. The lowest BCUT2D eigenvalue weighted by Gasteiger charge is -2.31. The van der Waals surface area contributed by atoms with Crippen LogP contribution in [-0.4, -0.2) is 42.0 Å². The van der Waals surface area contributed by atoms with E-state index in [2.05, 4.69) is 10.2 Å². The molecule has 0 unspecified atom stereocenters. The summed E-state index contributed by atoms with van der Waals surface area (Å²) in [5.41, 5.74) is 4.52. The quantitative estimate of drug-likeness (QED) is 0.600. The summed E-state index contributed by atoms with van der Waals surface area (Å²) in [7, 11) is 0. The Morgan fingerprint density at radius 1 is 1.03 bits per heavy atom. The topological polar surface area (TPSA) is 84.7 Å². The van der Waals surface area contributed by atoms with Gasteiger partial charge in [-0.05, 0) is 54.3 Å². The van der Waals surface area contributed by atoms with Crippen LogP contribution in [0.3, 0.4) is 0 Å². The summed E-state index contributed by atoms with van der Waals surface area (Å²) in [5, 5.41) is 13.9. The van der Waals surface area contributed by atoms with Gasteiger partial charge in [-0.2, -0.15) is 0 Å². The molecule has 1 heterocycles. The Labute approximate surface area is 174 Å². The standard InChI is InChI=1S/C23H23N3O4/c27-23(24-19-4-2-1-3-5-19)21-11-8-18(22(21)25-12-14-30-15-13-25)16-17-6-9-20(10-7-17)26(28)29/h1-7,9-10,16H,8,11-15H2,(H,24,27)/b18-16+. The maximum atomic E-state index is 13.1. The second kappa shape index (κ2) is 8.92. The summed E-state index contributed by atoms with van der Waals surface area (Å²) in [6.45, 7) is 2.72. The molecule has 1 N–H and O–H groups in total. The van der Waals surface area contributed by atoms with Gasteiger partial charge in [0.1, 0.15) is 0 Å². The molecule has 0 bridgehead atoms. The van der Waals surface area contributed by atoms with Gasteiger partial charge in [-0.3, -0.25) is 14.9 Å². The van der Waals surface area contributed by atoms with Crippen molar-refractivity contribution in [3.05, 3.63) is 87.1 Å². The zero-order valence-electron chi connectivity index (χ0n) is 16.5. The molecular weight excluding hydrogens is 382 g/mol. The number of carbonyl (C=O) groups excluding carboxylic acids is 1. The summed E-state index contributed by atoms with van der Waals surface area (Å²) in [6, 6.07) is 15.9. The molecule has 2 aliphatic rings. The van der Waals surface area contributed by atoms with Gasteiger partial charge >= 0.3 is 0 Å². The maximum Gasteiger partial charge on any atom is 0.269 e. The Morgan fingerprint density at radius 3 is 2.40 bits per heavy atom. The third kappa shape index (κ3) is 4.41. The number of carbonyl (C=O) groups is 1. The highest BCUT2D eigenvalue weighted by atomic mass is 16.6. The average Bonchev–Trinajstić information content (AvgIpc) is 3.19. The smallest absolute Gasteiger partial charge is 0.269 e. The van der Waals surface area contributed by atoms with Crippen molar-refractivity contribution in [2.24, 2.45) is 0 Å². The summed E-state index contributed by atoms with van der Waals surface area (Å²) < 4.78 is 5.49. The van der Waals surface area contributed by atoms with Gasteiger partial charge in [0.15, 0.2) is 0 Å². The lowest BCUT2D eigenvalue weighted by molar-refractivity contribution is -0.384. The molecule has 1 aliphatic carbocycles. The number of morpholine rings is 1. The van der Waals surface area contributed by atoms with Crippen LogP contribution in [0.4, 0.5) is 11.4 Å². The molecule has 0 atom stereocenters. The highest BCUT2D eigenvalue weighted by Crippen LogP contribution is 2.36. The van der Waals surface area contributed by atoms with Crippen molar-refractivity contribution in [2.75, 3.05) is 31.6 Å². The summed E-state index contributed by atoms with van der Waals surface area (Å²) in [4.78, 5) is 25.8. The predicted molar refractivity (Wildman–Crippen MR) is 115 cm³/mol. The lowest BCUT2D eigenvalue weighted by Crippen LogP contribution is -2.36. The monoisotopic (exact) mass is 405 g/mol. The Morgan fingerprint density at radius 2 is 1.73 bits per heavy atom. The number of anilines is 1. The first-order valence-electron chi connectivity index (χ1n) is 9.99. The van der Waals surface area contributed by atoms with Crippen LogP contribution in [0, 0.1) is 10.1 Å². The molecule has 30 heavy (non-hydrogen) atoms. The van der Waals surface area contributed by atoms with Crippen LogP contribution in [0.25, 0.3) is 6.08 Å². The minimum atomic E-state index is -0.405. The van der Waals surface area contributed by atoms with Crippen molar-refractivity contribution >= 4 is 23.4 Å². The van der Waals surface area contributed by atoms with E-state index in [0.717, 1.165) is 47.6 Å². The number of ether oxygens (including phenoxy) is 1. The van der Waals surface area contributed by atoms with Crippen LogP contribution in [-0.2, 0) is 9.53 Å². The SMILES string of the molecule is O=C(Nc1ccccc1)C1=C(N2CCOCC2)/C(=C/c2ccc([N+](=O)[O-])cc2)CC1. The molecule has 1 saturated heterocycles. The second-order valence-corrected chi connectivity index (χ2v) is 7.26. The number of hydrogen-bond donors (Lipinski definition) is 1. The summed E-state index contributed by atoms with van der Waals surface area (Å²) >= 11 is 0. The highest BCUT2D eigenvalue weighted by molar-refractivity contribution is 6.05. The van der Waals surface area contributed by atoms with Gasteiger partial charge in [-0.15, -0.1) is 0 Å². The minimum Gasteiger partial charge on any atom is -0.378 e. The number of non-ortho nitro benzene ring substituents is 1. The zero-order chi connectivity index (χ0) is 20.9. The van der Waals surface area contributed by atoms with Crippen molar-refractivity contribution in [2.45, 2.75) is 12.8 Å². The van der Waals surface area contributed by atoms with E-state index < -0.39 is 4.92 Å². The van der Waals surface area contributed by atoms with Crippen LogP contribution in [0.1, 0.15) is 18.4 Å². The Bertz CT molecular complexity index is 991. The van der Waals surface area contributed by atoms with E-state index in [1.165, 1.54) is 12.1 Å². The molecular formula is C23H23N3O4. The average molecular weight is 405 g/mol. The van der Waals surface area contributed by atoms with Gasteiger partial charge in [0.2, 0.25) is 0 Å². The number of benzene rings is 2. The van der Waals surface area contributed by atoms with E-state index >= 15 is 0 Å². The van der Waals surface area contributed by atoms with Crippen LogP contribution >= 0.6 is 0 Å². The molecule has 154 valence electrons. The first-order chi connectivity index (χ1) is 14.6. The fraction of sp³-hybridized carbons (Fsp3) is 0.261. The van der Waals surface area contributed by atoms with Gasteiger partial charge in [-0.25, -0.2) is 0 Å². The first kappa shape index (κ1) is 19.8. The predicted octanol–water partition coefficient (Wildman–Crippen LogP) is 4.00. The highest BCUT2D eigenvalue weighted by Gasteiger charge is 2.29. The number of hydrogen-bond acceptors (Lipinski definition) is 5. The number of nitro groups is 1. The number of rotatable bonds is 5. The third-order valence-electron chi connectivity index (χ3n) is 5.31. The molecule has 0 saturated carbocycles. The van der Waals surface area contributed by atoms with Gasteiger partial charge in [-0.1, -0.05) is 18.2 Å². The molecule has 1 amide bonds. The van der Waals surface area contributed by atoms with Crippen molar-refractivity contribution in [1.29, 1.82) is 0 Å². The van der Waals surface area contributed by atoms with Gasteiger partial charge in [0.25, 0.3) is 11.6 Å². The normalized spacial score (nSPS) is 18.0. The van der Waals surface area contributed by atoms with E-state index in [4.69, 9.17) is 4.74 Å². The molecule has 4 rings (SSSR count). The van der Waals surface area contributed by atoms with E-state index in [1.807, 2.05) is 36.4 Å². The van der Waals surface area contributed by atoms with E-state index in [0.29, 0.717) is 19.6 Å². The maximum absolute atomic E-state index is 13.1. The largest absolute Gasteiger partial charge is 0.378 e. The fourth-order valence-corrected chi connectivity index (χ4v) is 3.85. The van der Waals surface area contributed by atoms with E-state index in [9.17, 15) is 14.9 Å². The van der Waals surface area contributed by atoms with Crippen molar-refractivity contribution in [1.82, 2.24) is 4.90 Å². The van der Waals surface area contributed by atoms with E-state index in [-0.39, 0.29) is 11.6 Å². The number of nitrogens with one attached hydrogen (secondary N) is 1. The molecule has 1 fully saturated rings. The molecule has 2 aromatic rings. The second-order valence-electron chi connectivity index (χ2n) is 7.26. The van der Waals surface area contributed by atoms with Crippen molar-refractivity contribution < 1.29 is 14.5 Å². The van der Waals surface area contributed by atoms with Crippen LogP contribution in [0.15, 0.2) is 71.4 Å². The van der Waals surface area contributed by atoms with E-state index in [1.54, 1.807) is 12.1 Å². The molecule has 0 aromatic heterocycles. The Kier molecular flexibility index (Phi) is 5.90. The Hall–Kier alpha value is -3.45. The van der Waals surface area contributed by atoms with Crippen LogP contribution in [0.2, 0.25) is 0 Å². The van der Waals surface area contributed by atoms with Gasteiger partial charge in [0.05, 0.1) is 18.1 Å². The van der Waals surface area contributed by atoms with Crippen molar-refractivity contribution in [3.8, 4) is 0 Å². The van der Waals surface area contributed by atoms with Crippen LogP contribution < -0.4 is 5.32 Å². The number of allylic oxidation sites excluding steroid dienone is 1. The molecule has 7 nitrogen and oxygen atoms in total. The summed E-state index contributed by atoms with van der Waals surface area (Å²) in [5.74, 6) is -0.0882. The lowest BCUT2D eigenvalue weighted by atomic mass is 10.1. The molecule has 2 aromatic carbocycles. The van der Waals surface area contributed by atoms with Gasteiger partial charge < -0.3 is 15.0 Å². The fourth-order valence-electron chi connectivity index (χ4n) is 3.85. The number of para-hydroxylation sites is 1. The Balaban J connectivity index is 1.65. The number of nitrogens with zero attached hydrogens (tertiary/aromatic N) is 2. The van der Waals surface area contributed by atoms with Crippen molar-refractivity contribution in [3.63, 3.8) is 0 Å². The zero-order valence-corrected chi connectivity index (χ0v) is 16.5. The minimum absolute atomic E-state index is 0.0652. The van der Waals surface area contributed by atoms with Crippen LogP contribution in [0.5, 0.6) is 0 Å². The molecule has 0 spiro atoms.